The van der Waals surface area contributed by atoms with Gasteiger partial charge in [-0.15, -0.1) is 0 Å². The molecule has 4 aromatic rings. The first-order valence-electron chi connectivity index (χ1n) is 7.89. The zero-order valence-corrected chi connectivity index (χ0v) is 16.7. The Kier molecular flexibility index (Phi) is 4.58. The number of rotatable bonds is 5. The van der Waals surface area contributed by atoms with Crippen LogP contribution in [0.25, 0.3) is 16.7 Å². The molecular formula is C16H12ClN5O5S2. The second-order valence-electron chi connectivity index (χ2n) is 5.87. The number of fused-ring (bicyclic) bond motifs is 1. The zero-order valence-electron chi connectivity index (χ0n) is 14.4. The molecule has 0 aliphatic carbocycles. The first-order chi connectivity index (χ1) is 13.6. The molecule has 0 atom stereocenters. The van der Waals surface area contributed by atoms with Crippen molar-refractivity contribution in [2.75, 3.05) is 4.72 Å². The number of sulfonamides is 2. The molecule has 0 amide bonds. The standard InChI is InChI=1S/C16H12ClN5O5S2/c17-11-5-6-13(22-16(19-9-20-22)28(18,23)24)12(8-11)21-29(25,26)15-7-10-3-1-2-4-14(10)27-15/h1-9,21H,(H2,18,23,24). The number of halogens is 1. The molecule has 0 bridgehead atoms. The third-order valence-corrected chi connectivity index (χ3v) is 6.11. The molecular weight excluding hydrogens is 442 g/mol. The monoisotopic (exact) mass is 453 g/mol. The van der Waals surface area contributed by atoms with Gasteiger partial charge in [-0.05, 0) is 24.3 Å². The van der Waals surface area contributed by atoms with Crippen LogP contribution >= 0.6 is 11.6 Å². The highest BCUT2D eigenvalue weighted by molar-refractivity contribution is 7.92. The molecule has 4 rings (SSSR count). The minimum Gasteiger partial charge on any atom is -0.443 e. The van der Waals surface area contributed by atoms with E-state index in [1.165, 1.54) is 24.3 Å². The van der Waals surface area contributed by atoms with Gasteiger partial charge >= 0.3 is 0 Å². The van der Waals surface area contributed by atoms with Crippen molar-refractivity contribution in [3.63, 3.8) is 0 Å². The van der Waals surface area contributed by atoms with E-state index in [2.05, 4.69) is 14.8 Å². The summed E-state index contributed by atoms with van der Waals surface area (Å²) in [6.45, 7) is 0. The summed E-state index contributed by atoms with van der Waals surface area (Å²) >= 11 is 6.00. The Labute approximate surface area is 170 Å². The number of nitrogens with two attached hydrogens (primary N) is 1. The highest BCUT2D eigenvalue weighted by Gasteiger charge is 2.24. The predicted molar refractivity (Wildman–Crippen MR) is 105 cm³/mol. The summed E-state index contributed by atoms with van der Waals surface area (Å²) in [5.41, 5.74) is 0.399. The Balaban J connectivity index is 1.82. The number of nitrogens with one attached hydrogen (secondary N) is 1. The van der Waals surface area contributed by atoms with Gasteiger partial charge in [-0.25, -0.2) is 23.2 Å². The molecule has 0 saturated heterocycles. The lowest BCUT2D eigenvalue weighted by Crippen LogP contribution is -2.20. The third kappa shape index (κ3) is 3.70. The van der Waals surface area contributed by atoms with Gasteiger partial charge in [0.15, 0.2) is 0 Å². The zero-order chi connectivity index (χ0) is 20.8. The van der Waals surface area contributed by atoms with Crippen molar-refractivity contribution in [3.05, 3.63) is 59.9 Å². The van der Waals surface area contributed by atoms with Gasteiger partial charge in [0.05, 0.1) is 11.4 Å². The Morgan fingerprint density at radius 3 is 2.55 bits per heavy atom. The van der Waals surface area contributed by atoms with Crippen LogP contribution in [0.5, 0.6) is 0 Å². The van der Waals surface area contributed by atoms with Crippen molar-refractivity contribution in [1.82, 2.24) is 14.8 Å². The van der Waals surface area contributed by atoms with Crippen LogP contribution in [0, 0.1) is 0 Å². The summed E-state index contributed by atoms with van der Waals surface area (Å²) in [6.07, 6.45) is 0.978. The van der Waals surface area contributed by atoms with Crippen LogP contribution in [0.4, 0.5) is 5.69 Å². The number of hydrogen-bond donors (Lipinski definition) is 2. The molecule has 10 nitrogen and oxygen atoms in total. The van der Waals surface area contributed by atoms with E-state index < -0.39 is 25.2 Å². The topological polar surface area (TPSA) is 150 Å². The molecule has 3 N–H and O–H groups in total. The van der Waals surface area contributed by atoms with Crippen LogP contribution in [0.2, 0.25) is 5.02 Å². The fraction of sp³-hybridized carbons (Fsp3) is 0. The van der Waals surface area contributed by atoms with E-state index in [0.29, 0.717) is 11.0 Å². The van der Waals surface area contributed by atoms with Crippen LogP contribution in [-0.2, 0) is 20.0 Å². The summed E-state index contributed by atoms with van der Waals surface area (Å²) in [7, 11) is -8.39. The maximum atomic E-state index is 12.8. The number of hydrogen-bond acceptors (Lipinski definition) is 7. The first-order valence-corrected chi connectivity index (χ1v) is 11.3. The van der Waals surface area contributed by atoms with Crippen molar-refractivity contribution in [2.24, 2.45) is 5.14 Å². The van der Waals surface area contributed by atoms with Crippen molar-refractivity contribution >= 4 is 48.3 Å². The fourth-order valence-electron chi connectivity index (χ4n) is 2.65. The molecule has 0 unspecified atom stereocenters. The van der Waals surface area contributed by atoms with Gasteiger partial charge in [-0.1, -0.05) is 29.8 Å². The van der Waals surface area contributed by atoms with E-state index in [9.17, 15) is 16.8 Å². The predicted octanol–water partition coefficient (Wildman–Crippen LogP) is 2.12. The van der Waals surface area contributed by atoms with Gasteiger partial charge in [0.2, 0.25) is 5.09 Å². The molecule has 13 heteroatoms. The summed E-state index contributed by atoms with van der Waals surface area (Å²) < 4.78 is 57.8. The quantitative estimate of drug-likeness (QED) is 0.469. The van der Waals surface area contributed by atoms with E-state index in [1.54, 1.807) is 24.3 Å². The maximum absolute atomic E-state index is 12.8. The second-order valence-corrected chi connectivity index (χ2v) is 9.37. The SMILES string of the molecule is NS(=O)(=O)c1ncnn1-c1ccc(Cl)cc1NS(=O)(=O)c1cc2ccccc2o1. The van der Waals surface area contributed by atoms with Gasteiger partial charge in [0, 0.05) is 16.5 Å². The van der Waals surface area contributed by atoms with Crippen LogP contribution in [0.15, 0.2) is 69.5 Å². The van der Waals surface area contributed by atoms with Crippen molar-refractivity contribution in [2.45, 2.75) is 10.2 Å². The highest BCUT2D eigenvalue weighted by Crippen LogP contribution is 2.29. The molecule has 29 heavy (non-hydrogen) atoms. The molecule has 0 fully saturated rings. The fourth-order valence-corrected chi connectivity index (χ4v) is 4.44. The third-order valence-electron chi connectivity index (χ3n) is 3.87. The minimum atomic E-state index is -4.22. The average Bonchev–Trinajstić information content (AvgIpc) is 3.28. The van der Waals surface area contributed by atoms with Gasteiger partial charge in [-0.2, -0.15) is 13.5 Å². The summed E-state index contributed by atoms with van der Waals surface area (Å²) in [5.74, 6) is 0. The number of para-hydroxylation sites is 1. The number of nitrogens with zero attached hydrogens (tertiary/aromatic N) is 3. The normalized spacial score (nSPS) is 12.3. The average molecular weight is 454 g/mol. The molecule has 0 aliphatic rings. The van der Waals surface area contributed by atoms with Gasteiger partial charge in [-0.3, -0.25) is 4.72 Å². The van der Waals surface area contributed by atoms with E-state index in [4.69, 9.17) is 21.2 Å². The Morgan fingerprint density at radius 1 is 1.07 bits per heavy atom. The summed E-state index contributed by atoms with van der Waals surface area (Å²) in [6, 6.07) is 12.3. The summed E-state index contributed by atoms with van der Waals surface area (Å²) in [4.78, 5) is 3.62. The molecule has 0 radical (unpaired) electrons. The number of aromatic nitrogens is 3. The van der Waals surface area contributed by atoms with Crippen LogP contribution in [0.3, 0.4) is 0 Å². The number of anilines is 1. The van der Waals surface area contributed by atoms with E-state index >= 15 is 0 Å². The molecule has 150 valence electrons. The van der Waals surface area contributed by atoms with Gasteiger partial charge in [0.25, 0.3) is 25.2 Å². The molecule has 0 spiro atoms. The largest absolute Gasteiger partial charge is 0.443 e. The van der Waals surface area contributed by atoms with E-state index in [1.807, 2.05) is 0 Å². The maximum Gasteiger partial charge on any atom is 0.295 e. The number of furan rings is 1. The minimum absolute atomic E-state index is 0.0478. The first kappa shape index (κ1) is 19.4. The lowest BCUT2D eigenvalue weighted by atomic mass is 10.3. The molecule has 2 aromatic carbocycles. The Hall–Kier alpha value is -2.93. The lowest BCUT2D eigenvalue weighted by molar-refractivity contribution is 0.484. The number of primary sulfonamides is 1. The summed E-state index contributed by atoms with van der Waals surface area (Å²) in [5, 5.41) is 8.89. The molecule has 2 heterocycles. The molecule has 0 aliphatic heterocycles. The van der Waals surface area contributed by atoms with Crippen molar-refractivity contribution in [1.29, 1.82) is 0 Å². The molecule has 0 saturated carbocycles. The Morgan fingerprint density at radius 2 is 1.83 bits per heavy atom. The lowest BCUT2D eigenvalue weighted by Gasteiger charge is -2.13. The highest BCUT2D eigenvalue weighted by atomic mass is 35.5. The van der Waals surface area contributed by atoms with Crippen LogP contribution in [-0.4, -0.2) is 31.6 Å². The van der Waals surface area contributed by atoms with Crippen LogP contribution < -0.4 is 9.86 Å². The smallest absolute Gasteiger partial charge is 0.295 e. The van der Waals surface area contributed by atoms with Crippen LogP contribution in [0.1, 0.15) is 0 Å². The Bertz CT molecular complexity index is 1410. The number of benzene rings is 2. The molecule has 2 aromatic heterocycles. The van der Waals surface area contributed by atoms with Crippen molar-refractivity contribution < 1.29 is 21.3 Å². The van der Waals surface area contributed by atoms with Crippen molar-refractivity contribution in [3.8, 4) is 5.69 Å². The second kappa shape index (κ2) is 6.84. The van der Waals surface area contributed by atoms with Gasteiger partial charge in [0.1, 0.15) is 11.9 Å². The van der Waals surface area contributed by atoms with E-state index in [0.717, 1.165) is 11.0 Å². The van der Waals surface area contributed by atoms with Gasteiger partial charge < -0.3 is 4.42 Å². The van der Waals surface area contributed by atoms with E-state index in [-0.39, 0.29) is 21.5 Å².